The van der Waals surface area contributed by atoms with Crippen molar-refractivity contribution in [1.82, 2.24) is 14.5 Å². The lowest BCUT2D eigenvalue weighted by Crippen LogP contribution is -2.11. The minimum atomic E-state index is -0.439. The van der Waals surface area contributed by atoms with Gasteiger partial charge >= 0.3 is 5.69 Å². The number of nitrogens with zero attached hydrogens (tertiary/aromatic N) is 4. The van der Waals surface area contributed by atoms with Gasteiger partial charge in [-0.05, 0) is 13.0 Å². The molecule has 2 rings (SSSR count). The molecular weight excluding hydrogens is 234 g/mol. The van der Waals surface area contributed by atoms with Crippen molar-refractivity contribution in [1.29, 1.82) is 0 Å². The van der Waals surface area contributed by atoms with Gasteiger partial charge in [0.2, 0.25) is 5.82 Å². The normalized spacial score (nSPS) is 10.3. The van der Waals surface area contributed by atoms with E-state index in [0.29, 0.717) is 18.9 Å². The van der Waals surface area contributed by atoms with E-state index in [-0.39, 0.29) is 5.69 Å². The molecule has 0 fully saturated rings. The van der Waals surface area contributed by atoms with Crippen LogP contribution in [0.15, 0.2) is 30.9 Å². The second-order valence-electron chi connectivity index (χ2n) is 3.80. The second kappa shape index (κ2) is 5.26. The Kier molecular flexibility index (Phi) is 3.52. The first-order valence-electron chi connectivity index (χ1n) is 5.48. The minimum Gasteiger partial charge on any atom is -0.363 e. The summed E-state index contributed by atoms with van der Waals surface area (Å²) in [6.45, 7) is 3.02. The van der Waals surface area contributed by atoms with Gasteiger partial charge in [0.05, 0.1) is 11.3 Å². The quantitative estimate of drug-likeness (QED) is 0.640. The van der Waals surface area contributed by atoms with E-state index in [0.717, 1.165) is 5.69 Å². The second-order valence-corrected chi connectivity index (χ2v) is 3.80. The maximum absolute atomic E-state index is 10.8. The van der Waals surface area contributed by atoms with Crippen molar-refractivity contribution < 1.29 is 4.92 Å². The Hall–Kier alpha value is -2.44. The minimum absolute atomic E-state index is 0.00812. The summed E-state index contributed by atoms with van der Waals surface area (Å²) in [7, 11) is 0. The molecule has 7 nitrogen and oxygen atoms in total. The highest BCUT2D eigenvalue weighted by molar-refractivity contribution is 5.55. The molecule has 0 saturated heterocycles. The fourth-order valence-corrected chi connectivity index (χ4v) is 1.55. The summed E-state index contributed by atoms with van der Waals surface area (Å²) in [4.78, 5) is 18.5. The van der Waals surface area contributed by atoms with Crippen LogP contribution in [0.4, 0.5) is 11.5 Å². The van der Waals surface area contributed by atoms with Crippen LogP contribution >= 0.6 is 0 Å². The Bertz CT molecular complexity index is 538. The van der Waals surface area contributed by atoms with E-state index in [1.807, 2.05) is 10.8 Å². The molecule has 0 aliphatic rings. The number of hydrogen-bond acceptors (Lipinski definition) is 5. The predicted octanol–water partition coefficient (Wildman–Crippen LogP) is 1.61. The Labute approximate surface area is 104 Å². The maximum atomic E-state index is 10.8. The largest absolute Gasteiger partial charge is 0.363 e. The highest BCUT2D eigenvalue weighted by Crippen LogP contribution is 2.21. The Morgan fingerprint density at radius 2 is 2.33 bits per heavy atom. The fourth-order valence-electron chi connectivity index (χ4n) is 1.55. The van der Waals surface area contributed by atoms with Crippen molar-refractivity contribution in [2.24, 2.45) is 0 Å². The molecule has 18 heavy (non-hydrogen) atoms. The molecule has 0 aromatic carbocycles. The highest BCUT2D eigenvalue weighted by Gasteiger charge is 2.14. The average molecular weight is 247 g/mol. The van der Waals surface area contributed by atoms with Crippen LogP contribution in [-0.4, -0.2) is 26.0 Å². The highest BCUT2D eigenvalue weighted by atomic mass is 16.6. The predicted molar refractivity (Wildman–Crippen MR) is 66.3 cm³/mol. The molecule has 2 aromatic rings. The molecule has 0 radical (unpaired) electrons. The fraction of sp³-hybridized carbons (Fsp3) is 0.273. The third kappa shape index (κ3) is 2.82. The lowest BCUT2D eigenvalue weighted by Gasteiger charge is -2.07. The summed E-state index contributed by atoms with van der Waals surface area (Å²) in [6, 6.07) is 3.08. The van der Waals surface area contributed by atoms with Crippen molar-refractivity contribution in [3.05, 3.63) is 46.7 Å². The van der Waals surface area contributed by atoms with Crippen LogP contribution in [0.1, 0.15) is 5.69 Å². The molecule has 0 aliphatic carbocycles. The zero-order chi connectivity index (χ0) is 13.0. The van der Waals surface area contributed by atoms with Crippen LogP contribution in [0, 0.1) is 17.0 Å². The van der Waals surface area contributed by atoms with Crippen LogP contribution in [0.3, 0.4) is 0 Å². The van der Waals surface area contributed by atoms with Crippen LogP contribution < -0.4 is 5.32 Å². The number of pyridine rings is 1. The molecule has 0 spiro atoms. The standard InChI is InChI=1S/C11H13N5O2/c1-9-2-3-10(16(17)18)11(14-9)13-5-7-15-6-4-12-8-15/h2-4,6,8H,5,7H2,1H3,(H,13,14). The van der Waals surface area contributed by atoms with E-state index >= 15 is 0 Å². The van der Waals surface area contributed by atoms with Gasteiger partial charge < -0.3 is 9.88 Å². The number of nitro groups is 1. The number of rotatable bonds is 5. The van der Waals surface area contributed by atoms with E-state index in [2.05, 4.69) is 15.3 Å². The smallest absolute Gasteiger partial charge is 0.311 e. The van der Waals surface area contributed by atoms with E-state index in [1.54, 1.807) is 25.5 Å². The van der Waals surface area contributed by atoms with Gasteiger partial charge in [0.15, 0.2) is 0 Å². The van der Waals surface area contributed by atoms with Crippen molar-refractivity contribution >= 4 is 11.5 Å². The topological polar surface area (TPSA) is 85.9 Å². The molecule has 0 aliphatic heterocycles. The first-order chi connectivity index (χ1) is 8.66. The van der Waals surface area contributed by atoms with Gasteiger partial charge in [-0.2, -0.15) is 0 Å². The summed E-state index contributed by atoms with van der Waals surface area (Å²) in [5.74, 6) is 0.306. The molecule has 0 saturated carbocycles. The Morgan fingerprint density at radius 1 is 1.50 bits per heavy atom. The molecule has 2 heterocycles. The van der Waals surface area contributed by atoms with Gasteiger partial charge in [-0.3, -0.25) is 10.1 Å². The number of anilines is 1. The number of aryl methyl sites for hydroxylation is 1. The van der Waals surface area contributed by atoms with Gasteiger partial charge in [-0.15, -0.1) is 0 Å². The molecule has 0 bridgehead atoms. The van der Waals surface area contributed by atoms with E-state index < -0.39 is 4.92 Å². The summed E-state index contributed by atoms with van der Waals surface area (Å²) in [5, 5.41) is 13.8. The van der Waals surface area contributed by atoms with E-state index in [1.165, 1.54) is 6.07 Å². The molecule has 1 N–H and O–H groups in total. The monoisotopic (exact) mass is 247 g/mol. The van der Waals surface area contributed by atoms with Crippen molar-refractivity contribution in [2.75, 3.05) is 11.9 Å². The molecule has 0 unspecified atom stereocenters. The maximum Gasteiger partial charge on any atom is 0.311 e. The summed E-state index contributed by atoms with van der Waals surface area (Å²) < 4.78 is 1.88. The van der Waals surface area contributed by atoms with Crippen molar-refractivity contribution in [2.45, 2.75) is 13.5 Å². The van der Waals surface area contributed by atoms with Gasteiger partial charge in [0.1, 0.15) is 0 Å². The molecule has 94 valence electrons. The summed E-state index contributed by atoms with van der Waals surface area (Å²) >= 11 is 0. The zero-order valence-corrected chi connectivity index (χ0v) is 9.91. The summed E-state index contributed by atoms with van der Waals surface area (Å²) in [6.07, 6.45) is 5.22. The SMILES string of the molecule is Cc1ccc([N+](=O)[O-])c(NCCn2ccnc2)n1. The molecule has 0 atom stereocenters. The number of imidazole rings is 1. The lowest BCUT2D eigenvalue weighted by atomic mass is 10.3. The van der Waals surface area contributed by atoms with Crippen LogP contribution in [-0.2, 0) is 6.54 Å². The number of nitrogens with one attached hydrogen (secondary N) is 1. The lowest BCUT2D eigenvalue weighted by molar-refractivity contribution is -0.384. The van der Waals surface area contributed by atoms with Gasteiger partial charge in [0.25, 0.3) is 0 Å². The average Bonchev–Trinajstić information content (AvgIpc) is 2.82. The van der Waals surface area contributed by atoms with Gasteiger partial charge in [-0.1, -0.05) is 0 Å². The van der Waals surface area contributed by atoms with Gasteiger partial charge in [-0.25, -0.2) is 9.97 Å². The van der Waals surface area contributed by atoms with Crippen molar-refractivity contribution in [3.8, 4) is 0 Å². The van der Waals surface area contributed by atoms with Gasteiger partial charge in [0, 0.05) is 37.2 Å². The van der Waals surface area contributed by atoms with Crippen LogP contribution in [0.25, 0.3) is 0 Å². The number of aromatic nitrogens is 3. The Balaban J connectivity index is 2.03. The van der Waals surface area contributed by atoms with Crippen molar-refractivity contribution in [3.63, 3.8) is 0 Å². The third-order valence-electron chi connectivity index (χ3n) is 2.43. The zero-order valence-electron chi connectivity index (χ0n) is 9.91. The Morgan fingerprint density at radius 3 is 3.00 bits per heavy atom. The molecular formula is C11H13N5O2. The first kappa shape index (κ1) is 12.0. The summed E-state index contributed by atoms with van der Waals surface area (Å²) in [5.41, 5.74) is 0.733. The molecule has 2 aromatic heterocycles. The molecule has 7 heteroatoms. The number of hydrogen-bond donors (Lipinski definition) is 1. The molecule has 0 amide bonds. The van der Waals surface area contributed by atoms with Crippen LogP contribution in [0.5, 0.6) is 0 Å². The van der Waals surface area contributed by atoms with Crippen LogP contribution in [0.2, 0.25) is 0 Å². The van der Waals surface area contributed by atoms with E-state index in [4.69, 9.17) is 0 Å². The first-order valence-corrected chi connectivity index (χ1v) is 5.48. The van der Waals surface area contributed by atoms with E-state index in [9.17, 15) is 10.1 Å². The third-order valence-corrected chi connectivity index (χ3v) is 2.43.